The minimum absolute atomic E-state index is 0.520. The van der Waals surface area contributed by atoms with Crippen LogP contribution >= 0.6 is 11.8 Å². The van der Waals surface area contributed by atoms with E-state index in [1.807, 2.05) is 0 Å². The Morgan fingerprint density at radius 1 is 0.913 bits per heavy atom. The van der Waals surface area contributed by atoms with Crippen molar-refractivity contribution < 1.29 is 0 Å². The smallest absolute Gasteiger partial charge is 0.0808 e. The molecule has 118 valence electrons. The summed E-state index contributed by atoms with van der Waals surface area (Å²) in [7, 11) is 0. The van der Waals surface area contributed by atoms with Crippen molar-refractivity contribution >= 4 is 11.8 Å². The van der Waals surface area contributed by atoms with Crippen LogP contribution in [0.3, 0.4) is 0 Å². The first-order valence-electron chi connectivity index (χ1n) is 9.18. The molecule has 2 heterocycles. The topological polar surface area (TPSA) is 24.7 Å². The SMILES string of the molecule is C1=CC2C(C1)C1N=NC2C2C3CC(Sc4ccccc4)C(C3)C12. The predicted molar refractivity (Wildman–Crippen MR) is 92.5 cm³/mol. The van der Waals surface area contributed by atoms with Crippen molar-refractivity contribution in [2.24, 2.45) is 45.7 Å². The highest BCUT2D eigenvalue weighted by Gasteiger charge is 2.65. The molecule has 1 aromatic carbocycles. The van der Waals surface area contributed by atoms with Gasteiger partial charge in [0, 0.05) is 16.1 Å². The highest BCUT2D eigenvalue weighted by Crippen LogP contribution is 2.66. The first kappa shape index (κ1) is 13.2. The Kier molecular flexibility index (Phi) is 2.71. The number of azo groups is 1. The number of rotatable bonds is 2. The zero-order valence-electron chi connectivity index (χ0n) is 13.2. The number of nitrogens with zero attached hydrogens (tertiary/aromatic N) is 2. The van der Waals surface area contributed by atoms with E-state index in [0.29, 0.717) is 12.1 Å². The van der Waals surface area contributed by atoms with Crippen molar-refractivity contribution in [1.29, 1.82) is 0 Å². The van der Waals surface area contributed by atoms with Gasteiger partial charge >= 0.3 is 0 Å². The Bertz CT molecular complexity index is 684. The fraction of sp³-hybridized carbons (Fsp3) is 0.600. The molecule has 23 heavy (non-hydrogen) atoms. The van der Waals surface area contributed by atoms with Gasteiger partial charge in [0.05, 0.1) is 12.1 Å². The molecule has 3 saturated carbocycles. The molecule has 1 aromatic rings. The molecule has 7 rings (SSSR count). The molecule has 3 fully saturated rings. The summed E-state index contributed by atoms with van der Waals surface area (Å²) >= 11 is 2.13. The first-order chi connectivity index (χ1) is 11.4. The van der Waals surface area contributed by atoms with Crippen molar-refractivity contribution in [2.75, 3.05) is 0 Å². The number of allylic oxidation sites excluding steroid dienone is 1. The molecule has 0 saturated heterocycles. The molecule has 0 aromatic heterocycles. The zero-order chi connectivity index (χ0) is 15.0. The summed E-state index contributed by atoms with van der Waals surface area (Å²) < 4.78 is 0. The Morgan fingerprint density at radius 2 is 1.78 bits per heavy atom. The highest BCUT2D eigenvalue weighted by atomic mass is 32.2. The Balaban J connectivity index is 1.31. The van der Waals surface area contributed by atoms with Crippen molar-refractivity contribution in [3.8, 4) is 0 Å². The van der Waals surface area contributed by atoms with Crippen LogP contribution in [-0.2, 0) is 0 Å². The summed E-state index contributed by atoms with van der Waals surface area (Å²) in [6.45, 7) is 0. The molecule has 0 radical (unpaired) electrons. The lowest BCUT2D eigenvalue weighted by molar-refractivity contribution is 0.0202. The summed E-state index contributed by atoms with van der Waals surface area (Å²) in [4.78, 5) is 1.45. The van der Waals surface area contributed by atoms with E-state index in [1.165, 1.54) is 24.2 Å². The van der Waals surface area contributed by atoms with Gasteiger partial charge in [-0.15, -0.1) is 11.8 Å². The van der Waals surface area contributed by atoms with Crippen LogP contribution in [-0.4, -0.2) is 17.3 Å². The van der Waals surface area contributed by atoms with Crippen LogP contribution in [0.2, 0.25) is 0 Å². The quantitative estimate of drug-likeness (QED) is 0.716. The summed E-state index contributed by atoms with van der Waals surface area (Å²) in [6, 6.07) is 12.1. The molecule has 4 bridgehead atoms. The van der Waals surface area contributed by atoms with E-state index >= 15 is 0 Å². The van der Waals surface area contributed by atoms with Crippen LogP contribution in [0.4, 0.5) is 0 Å². The van der Waals surface area contributed by atoms with E-state index < -0.39 is 0 Å². The van der Waals surface area contributed by atoms with Gasteiger partial charge in [0.2, 0.25) is 0 Å². The third-order valence-corrected chi connectivity index (χ3v) is 8.71. The van der Waals surface area contributed by atoms with Crippen LogP contribution < -0.4 is 0 Å². The molecule has 0 spiro atoms. The lowest BCUT2D eigenvalue weighted by atomic mass is 9.58. The van der Waals surface area contributed by atoms with Crippen LogP contribution in [0, 0.1) is 35.5 Å². The minimum atomic E-state index is 0.520. The first-order valence-corrected chi connectivity index (χ1v) is 10.1. The fourth-order valence-corrected chi connectivity index (χ4v) is 8.10. The van der Waals surface area contributed by atoms with Gasteiger partial charge in [0.25, 0.3) is 0 Å². The monoisotopic (exact) mass is 322 g/mol. The van der Waals surface area contributed by atoms with Gasteiger partial charge in [-0.2, -0.15) is 10.2 Å². The second kappa shape index (κ2) is 4.72. The summed E-state index contributed by atoms with van der Waals surface area (Å²) in [5.74, 6) is 4.97. The zero-order valence-corrected chi connectivity index (χ0v) is 14.0. The molecular formula is C20H22N2S. The van der Waals surface area contributed by atoms with Gasteiger partial charge in [-0.05, 0) is 61.0 Å². The Labute approximate surface area is 141 Å². The lowest BCUT2D eigenvalue weighted by Gasteiger charge is -2.52. The fourth-order valence-electron chi connectivity index (χ4n) is 6.63. The standard InChI is InChI=1S/C20H22N2S/c1-2-5-12(6-3-1)23-16-10-11-9-15(16)18-17(11)19-13-7-4-8-14(13)20(18)22-21-19/h1-7,11,13-20H,8-10H2. The molecular weight excluding hydrogens is 300 g/mol. The molecule has 3 heteroatoms. The van der Waals surface area contributed by atoms with Crippen LogP contribution in [0.15, 0.2) is 57.6 Å². The second-order valence-corrected chi connectivity index (χ2v) is 9.45. The van der Waals surface area contributed by atoms with E-state index in [9.17, 15) is 0 Å². The third-order valence-electron chi connectivity index (χ3n) is 7.32. The molecule has 6 aliphatic rings. The van der Waals surface area contributed by atoms with Gasteiger partial charge in [0.1, 0.15) is 0 Å². The van der Waals surface area contributed by atoms with E-state index in [4.69, 9.17) is 10.2 Å². The molecule has 0 amide bonds. The molecule has 2 aliphatic heterocycles. The maximum atomic E-state index is 4.82. The maximum absolute atomic E-state index is 4.82. The molecule has 9 unspecified atom stereocenters. The van der Waals surface area contributed by atoms with Gasteiger partial charge in [-0.25, -0.2) is 0 Å². The third kappa shape index (κ3) is 1.72. The van der Waals surface area contributed by atoms with E-state index in [2.05, 4.69) is 54.2 Å². The van der Waals surface area contributed by atoms with Gasteiger partial charge in [0.15, 0.2) is 0 Å². The molecule has 4 aliphatic carbocycles. The number of fused-ring (bicyclic) bond motifs is 2. The summed E-state index contributed by atoms with van der Waals surface area (Å²) in [5.41, 5.74) is 0. The van der Waals surface area contributed by atoms with E-state index in [0.717, 1.165) is 40.8 Å². The predicted octanol–water partition coefficient (Wildman–Crippen LogP) is 4.83. The summed E-state index contributed by atoms with van der Waals surface area (Å²) in [5, 5.41) is 10.4. The average molecular weight is 322 g/mol. The Hall–Kier alpha value is -1.09. The van der Waals surface area contributed by atoms with Crippen LogP contribution in [0.1, 0.15) is 19.3 Å². The lowest BCUT2D eigenvalue weighted by Crippen LogP contribution is -2.55. The van der Waals surface area contributed by atoms with Crippen molar-refractivity contribution in [3.63, 3.8) is 0 Å². The molecule has 2 nitrogen and oxygen atoms in total. The molecule has 9 atom stereocenters. The van der Waals surface area contributed by atoms with Crippen molar-refractivity contribution in [2.45, 2.75) is 41.5 Å². The normalized spacial score (nSPS) is 51.2. The highest BCUT2D eigenvalue weighted by molar-refractivity contribution is 8.00. The summed E-state index contributed by atoms with van der Waals surface area (Å²) in [6.07, 6.45) is 8.98. The van der Waals surface area contributed by atoms with E-state index in [1.54, 1.807) is 0 Å². The second-order valence-electron chi connectivity index (χ2n) is 8.14. The van der Waals surface area contributed by atoms with Crippen LogP contribution in [0.5, 0.6) is 0 Å². The number of benzene rings is 1. The minimum Gasteiger partial charge on any atom is -0.190 e. The van der Waals surface area contributed by atoms with Gasteiger partial charge in [-0.3, -0.25) is 0 Å². The van der Waals surface area contributed by atoms with E-state index in [-0.39, 0.29) is 0 Å². The Morgan fingerprint density at radius 3 is 2.70 bits per heavy atom. The van der Waals surface area contributed by atoms with Crippen molar-refractivity contribution in [3.05, 3.63) is 42.5 Å². The van der Waals surface area contributed by atoms with Gasteiger partial charge < -0.3 is 0 Å². The van der Waals surface area contributed by atoms with Crippen molar-refractivity contribution in [1.82, 2.24) is 0 Å². The average Bonchev–Trinajstić information content (AvgIpc) is 3.31. The number of hydrogen-bond donors (Lipinski definition) is 0. The number of hydrogen-bond acceptors (Lipinski definition) is 3. The number of thioether (sulfide) groups is 1. The largest absolute Gasteiger partial charge is 0.190 e. The van der Waals surface area contributed by atoms with Crippen LogP contribution in [0.25, 0.3) is 0 Å². The maximum Gasteiger partial charge on any atom is 0.0808 e. The van der Waals surface area contributed by atoms with Gasteiger partial charge in [-0.1, -0.05) is 30.4 Å². The molecule has 0 N–H and O–H groups in total.